The second-order valence-corrected chi connectivity index (χ2v) is 5.69. The Kier molecular flexibility index (Phi) is 2.38. The Bertz CT molecular complexity index is 355. The van der Waals surface area contributed by atoms with Crippen LogP contribution in [-0.4, -0.2) is 13.0 Å². The molecule has 0 aromatic carbocycles. The zero-order valence-electron chi connectivity index (χ0n) is 7.98. The van der Waals surface area contributed by atoms with E-state index in [1.54, 1.807) is 12.2 Å². The zero-order chi connectivity index (χ0) is 10.3. The van der Waals surface area contributed by atoms with Crippen molar-refractivity contribution in [1.29, 1.82) is 0 Å². The molecule has 0 aromatic rings. The van der Waals surface area contributed by atoms with E-state index in [9.17, 15) is 8.42 Å². The fourth-order valence-electron chi connectivity index (χ4n) is 1.42. The van der Waals surface area contributed by atoms with Crippen LogP contribution in [0.2, 0.25) is 0 Å². The number of rotatable bonds is 1. The summed E-state index contributed by atoms with van der Waals surface area (Å²) in [6.45, 7) is 5.81. The summed E-state index contributed by atoms with van der Waals surface area (Å²) in [6.07, 6.45) is 4.91. The lowest BCUT2D eigenvalue weighted by atomic mass is 9.82. The van der Waals surface area contributed by atoms with Gasteiger partial charge in [0, 0.05) is 5.92 Å². The summed E-state index contributed by atoms with van der Waals surface area (Å²) in [5, 5.41) is 0. The van der Waals surface area contributed by atoms with E-state index in [1.807, 2.05) is 20.8 Å². The summed E-state index contributed by atoms with van der Waals surface area (Å²) < 4.78 is 30.8. The van der Waals surface area contributed by atoms with Crippen molar-refractivity contribution in [2.75, 3.05) is 0 Å². The molecule has 0 saturated heterocycles. The summed E-state index contributed by atoms with van der Waals surface area (Å²) >= 11 is 0. The molecule has 3 nitrogen and oxygen atoms in total. The molecule has 1 unspecified atom stereocenters. The molecule has 0 saturated carbocycles. The Morgan fingerprint density at radius 1 is 1.38 bits per heavy atom. The topological polar surface area (TPSA) is 54.4 Å². The third-order valence-corrected chi connectivity index (χ3v) is 3.09. The van der Waals surface area contributed by atoms with E-state index in [1.165, 1.54) is 6.08 Å². The first-order chi connectivity index (χ1) is 5.73. The van der Waals surface area contributed by atoms with Crippen molar-refractivity contribution in [3.8, 4) is 0 Å². The summed E-state index contributed by atoms with van der Waals surface area (Å²) in [5.74, 6) is -0.220. The molecular formula is C9H14O3S. The highest BCUT2D eigenvalue weighted by Gasteiger charge is 2.33. The van der Waals surface area contributed by atoms with Gasteiger partial charge in [0.2, 0.25) is 0 Å². The third kappa shape index (κ3) is 2.19. The molecule has 1 aliphatic carbocycles. The third-order valence-electron chi connectivity index (χ3n) is 2.10. The van der Waals surface area contributed by atoms with Gasteiger partial charge in [0.25, 0.3) is 10.1 Å². The van der Waals surface area contributed by atoms with Crippen molar-refractivity contribution in [3.05, 3.63) is 23.1 Å². The van der Waals surface area contributed by atoms with Crippen molar-refractivity contribution >= 4 is 10.1 Å². The van der Waals surface area contributed by atoms with Crippen LogP contribution in [0.5, 0.6) is 0 Å². The van der Waals surface area contributed by atoms with Crippen molar-refractivity contribution in [3.63, 3.8) is 0 Å². The molecular weight excluding hydrogens is 188 g/mol. The molecule has 1 aliphatic rings. The van der Waals surface area contributed by atoms with E-state index in [0.29, 0.717) is 0 Å². The zero-order valence-corrected chi connectivity index (χ0v) is 8.80. The van der Waals surface area contributed by atoms with Gasteiger partial charge in [-0.2, -0.15) is 8.42 Å². The molecule has 0 bridgehead atoms. The van der Waals surface area contributed by atoms with E-state index in [2.05, 4.69) is 0 Å². The number of allylic oxidation sites excluding steroid dienone is 4. The first-order valence-electron chi connectivity index (χ1n) is 4.09. The first kappa shape index (κ1) is 10.5. The predicted octanol–water partition coefficient (Wildman–Crippen LogP) is 1.99. The van der Waals surface area contributed by atoms with Crippen molar-refractivity contribution < 1.29 is 13.0 Å². The maximum Gasteiger partial charge on any atom is 0.291 e. The van der Waals surface area contributed by atoms with Gasteiger partial charge in [0.05, 0.1) is 4.91 Å². The van der Waals surface area contributed by atoms with Crippen LogP contribution in [0.3, 0.4) is 0 Å². The van der Waals surface area contributed by atoms with Gasteiger partial charge < -0.3 is 0 Å². The van der Waals surface area contributed by atoms with Crippen LogP contribution in [-0.2, 0) is 10.1 Å². The van der Waals surface area contributed by atoms with Gasteiger partial charge in [-0.15, -0.1) is 0 Å². The first-order valence-corrected chi connectivity index (χ1v) is 5.53. The lowest BCUT2D eigenvalue weighted by Gasteiger charge is -2.26. The highest BCUT2D eigenvalue weighted by molar-refractivity contribution is 7.89. The van der Waals surface area contributed by atoms with Crippen LogP contribution >= 0.6 is 0 Å². The van der Waals surface area contributed by atoms with Crippen LogP contribution < -0.4 is 0 Å². The van der Waals surface area contributed by atoms with Gasteiger partial charge in [-0.1, -0.05) is 32.9 Å². The van der Waals surface area contributed by atoms with Crippen LogP contribution in [0.15, 0.2) is 23.1 Å². The summed E-state index contributed by atoms with van der Waals surface area (Å²) in [7, 11) is -4.04. The van der Waals surface area contributed by atoms with Gasteiger partial charge in [-0.05, 0) is 11.5 Å². The molecule has 13 heavy (non-hydrogen) atoms. The van der Waals surface area contributed by atoms with Crippen molar-refractivity contribution in [2.45, 2.75) is 20.8 Å². The van der Waals surface area contributed by atoms with E-state index in [-0.39, 0.29) is 16.2 Å². The molecule has 1 N–H and O–H groups in total. The van der Waals surface area contributed by atoms with Gasteiger partial charge >= 0.3 is 0 Å². The van der Waals surface area contributed by atoms with Crippen LogP contribution in [0.4, 0.5) is 0 Å². The molecule has 0 radical (unpaired) electrons. The fraction of sp³-hybridized carbons (Fsp3) is 0.556. The number of hydrogen-bond acceptors (Lipinski definition) is 2. The van der Waals surface area contributed by atoms with Gasteiger partial charge in [-0.25, -0.2) is 0 Å². The highest BCUT2D eigenvalue weighted by atomic mass is 32.2. The molecule has 1 rings (SSSR count). The molecule has 74 valence electrons. The molecule has 4 heteroatoms. The quantitative estimate of drug-likeness (QED) is 0.661. The van der Waals surface area contributed by atoms with E-state index in [4.69, 9.17) is 4.55 Å². The minimum atomic E-state index is -4.04. The van der Waals surface area contributed by atoms with E-state index in [0.717, 1.165) is 0 Å². The fourth-order valence-corrected chi connectivity index (χ4v) is 2.43. The van der Waals surface area contributed by atoms with Gasteiger partial charge in [-0.3, -0.25) is 4.55 Å². The molecule has 0 spiro atoms. The van der Waals surface area contributed by atoms with Crippen LogP contribution in [0, 0.1) is 11.3 Å². The predicted molar refractivity (Wildman–Crippen MR) is 51.7 cm³/mol. The summed E-state index contributed by atoms with van der Waals surface area (Å²) in [5.41, 5.74) is -0.186. The van der Waals surface area contributed by atoms with Crippen LogP contribution in [0.1, 0.15) is 20.8 Å². The molecule has 0 aliphatic heterocycles. The SMILES string of the molecule is CC(C)(C)C1C=CC=C1S(=O)(=O)O. The lowest BCUT2D eigenvalue weighted by Crippen LogP contribution is -2.22. The maximum atomic E-state index is 10.9. The molecule has 0 heterocycles. The maximum absolute atomic E-state index is 10.9. The van der Waals surface area contributed by atoms with Gasteiger partial charge in [0.1, 0.15) is 0 Å². The number of hydrogen-bond donors (Lipinski definition) is 1. The Morgan fingerprint density at radius 2 is 1.92 bits per heavy atom. The van der Waals surface area contributed by atoms with E-state index < -0.39 is 10.1 Å². The van der Waals surface area contributed by atoms with E-state index >= 15 is 0 Å². The average molecular weight is 202 g/mol. The minimum absolute atomic E-state index is 0.0972. The summed E-state index contributed by atoms with van der Waals surface area (Å²) in [6, 6.07) is 0. The molecule has 0 amide bonds. The lowest BCUT2D eigenvalue weighted by molar-refractivity contribution is 0.336. The smallest absolute Gasteiger partial charge is 0.282 e. The molecule has 0 aromatic heterocycles. The normalized spacial score (nSPS) is 23.4. The Hall–Kier alpha value is -0.610. The highest BCUT2D eigenvalue weighted by Crippen LogP contribution is 2.38. The second kappa shape index (κ2) is 2.96. The molecule has 1 atom stereocenters. The van der Waals surface area contributed by atoms with Crippen molar-refractivity contribution in [1.82, 2.24) is 0 Å². The molecule has 0 fully saturated rings. The summed E-state index contributed by atoms with van der Waals surface area (Å²) in [4.78, 5) is 0.0972. The minimum Gasteiger partial charge on any atom is -0.282 e. The van der Waals surface area contributed by atoms with Crippen LogP contribution in [0.25, 0.3) is 0 Å². The standard InChI is InChI=1S/C9H14O3S/c1-9(2,3)7-5-4-6-8(7)13(10,11)12/h4-7H,1-3H3,(H,10,11,12). The Balaban J connectivity index is 3.06. The Morgan fingerprint density at radius 3 is 2.23 bits per heavy atom. The largest absolute Gasteiger partial charge is 0.291 e. The Labute approximate surface area is 78.9 Å². The monoisotopic (exact) mass is 202 g/mol. The average Bonchev–Trinajstić information content (AvgIpc) is 2.27. The second-order valence-electron chi connectivity index (χ2n) is 4.27. The van der Waals surface area contributed by atoms with Gasteiger partial charge in [0.15, 0.2) is 0 Å². The van der Waals surface area contributed by atoms with Crippen molar-refractivity contribution in [2.24, 2.45) is 11.3 Å².